The molecule has 4 heterocycles. The van der Waals surface area contributed by atoms with Crippen LogP contribution in [0.1, 0.15) is 30.9 Å². The summed E-state index contributed by atoms with van der Waals surface area (Å²) < 4.78 is 9.29. The molecule has 1 saturated heterocycles. The second-order valence-corrected chi connectivity index (χ2v) is 9.65. The smallest absolute Gasteiger partial charge is 0.411 e. The van der Waals surface area contributed by atoms with Crippen molar-refractivity contribution in [3.05, 3.63) is 78.4 Å². The predicted molar refractivity (Wildman–Crippen MR) is 147 cm³/mol. The number of rotatable bonds is 7. The van der Waals surface area contributed by atoms with E-state index in [4.69, 9.17) is 4.74 Å². The molecule has 1 fully saturated rings. The Hall–Kier alpha value is -4.48. The Labute approximate surface area is 225 Å². The first kappa shape index (κ1) is 24.8. The van der Waals surface area contributed by atoms with Gasteiger partial charge in [0.1, 0.15) is 17.9 Å². The van der Waals surface area contributed by atoms with E-state index >= 15 is 0 Å². The van der Waals surface area contributed by atoms with Gasteiger partial charge in [-0.3, -0.25) is 10.00 Å². The molecule has 200 valence electrons. The SMILES string of the molecule is CCc1c(NC(=O)OC2CCN(O)CC2)cn2ncnc(Nc3ccc4c(cnn4Cc4ccccc4)c3)c12. The Balaban J connectivity index is 1.22. The molecule has 1 amide bonds. The Kier molecular flexibility index (Phi) is 6.82. The maximum Gasteiger partial charge on any atom is 0.411 e. The summed E-state index contributed by atoms with van der Waals surface area (Å²) in [5, 5.41) is 27.1. The molecule has 0 unspecified atom stereocenters. The van der Waals surface area contributed by atoms with Crippen LogP contribution in [0.25, 0.3) is 16.4 Å². The Morgan fingerprint density at radius 3 is 2.74 bits per heavy atom. The molecule has 0 saturated carbocycles. The van der Waals surface area contributed by atoms with E-state index in [0.717, 1.165) is 27.7 Å². The topological polar surface area (TPSA) is 122 Å². The summed E-state index contributed by atoms with van der Waals surface area (Å²) in [6.45, 7) is 3.69. The molecule has 0 atom stereocenters. The molecule has 1 aliphatic rings. The van der Waals surface area contributed by atoms with Gasteiger partial charge in [-0.2, -0.15) is 15.3 Å². The lowest BCUT2D eigenvalue weighted by atomic mass is 10.1. The van der Waals surface area contributed by atoms with E-state index < -0.39 is 6.09 Å². The molecule has 0 bridgehead atoms. The molecule has 1 aliphatic heterocycles. The van der Waals surface area contributed by atoms with Crippen molar-refractivity contribution in [1.29, 1.82) is 0 Å². The fraction of sp³-hybridized carbons (Fsp3) is 0.286. The van der Waals surface area contributed by atoms with Crippen molar-refractivity contribution in [1.82, 2.24) is 29.4 Å². The maximum absolute atomic E-state index is 12.6. The van der Waals surface area contributed by atoms with Crippen LogP contribution in [0.4, 0.5) is 22.0 Å². The van der Waals surface area contributed by atoms with Crippen LogP contribution in [0.2, 0.25) is 0 Å². The normalized spacial score (nSPS) is 14.6. The van der Waals surface area contributed by atoms with Crippen molar-refractivity contribution in [3.8, 4) is 0 Å². The molecule has 39 heavy (non-hydrogen) atoms. The van der Waals surface area contributed by atoms with E-state index in [9.17, 15) is 10.0 Å². The van der Waals surface area contributed by atoms with E-state index in [1.165, 1.54) is 17.0 Å². The number of amides is 1. The molecule has 5 aromatic rings. The van der Waals surface area contributed by atoms with Gasteiger partial charge < -0.3 is 15.3 Å². The summed E-state index contributed by atoms with van der Waals surface area (Å²) >= 11 is 0. The average molecular weight is 527 g/mol. The second kappa shape index (κ2) is 10.7. The number of carbonyl (C=O) groups is 1. The highest BCUT2D eigenvalue weighted by Crippen LogP contribution is 2.31. The third-order valence-electron chi connectivity index (χ3n) is 7.04. The standard InChI is InChI=1S/C28H30N8O3/c1-2-23-24(33-28(37)39-22-10-12-34(38)13-11-22)17-36-26(23)27(29-18-31-36)32-21-8-9-25-20(14-21)15-30-35(25)16-19-6-4-3-5-7-19/h3-9,14-15,17-18,22,38H,2,10-13,16H2,1H3,(H,33,37)(H,29,31,32). The number of ether oxygens (including phenoxy) is 1. The molecule has 0 spiro atoms. The van der Waals surface area contributed by atoms with Gasteiger partial charge in [-0.25, -0.2) is 14.3 Å². The average Bonchev–Trinajstić information content (AvgIpc) is 3.51. The number of aromatic nitrogens is 5. The van der Waals surface area contributed by atoms with Gasteiger partial charge in [0.05, 0.1) is 30.1 Å². The van der Waals surface area contributed by atoms with Gasteiger partial charge in [0.2, 0.25) is 0 Å². The van der Waals surface area contributed by atoms with Crippen LogP contribution in [0.15, 0.2) is 67.3 Å². The van der Waals surface area contributed by atoms with Crippen LogP contribution in [0, 0.1) is 0 Å². The number of piperidine rings is 1. The minimum absolute atomic E-state index is 0.223. The molecule has 11 nitrogen and oxygen atoms in total. The molecule has 3 aromatic heterocycles. The molecule has 0 radical (unpaired) electrons. The summed E-state index contributed by atoms with van der Waals surface area (Å²) in [6, 6.07) is 16.4. The van der Waals surface area contributed by atoms with E-state index in [0.29, 0.717) is 50.4 Å². The highest BCUT2D eigenvalue weighted by Gasteiger charge is 2.23. The van der Waals surface area contributed by atoms with Crippen molar-refractivity contribution in [2.75, 3.05) is 23.7 Å². The first-order chi connectivity index (χ1) is 19.1. The summed E-state index contributed by atoms with van der Waals surface area (Å²) in [4.78, 5) is 17.2. The van der Waals surface area contributed by atoms with E-state index in [1.54, 1.807) is 10.7 Å². The van der Waals surface area contributed by atoms with Gasteiger partial charge in [0.25, 0.3) is 0 Å². The van der Waals surface area contributed by atoms with Crippen molar-refractivity contribution in [2.24, 2.45) is 0 Å². The van der Waals surface area contributed by atoms with Crippen LogP contribution in [-0.2, 0) is 17.7 Å². The highest BCUT2D eigenvalue weighted by molar-refractivity contribution is 5.91. The summed E-state index contributed by atoms with van der Waals surface area (Å²) in [5.74, 6) is 0.634. The van der Waals surface area contributed by atoms with E-state index in [1.807, 2.05) is 48.1 Å². The number of nitrogens with zero attached hydrogens (tertiary/aromatic N) is 6. The Morgan fingerprint density at radius 2 is 1.95 bits per heavy atom. The molecule has 3 N–H and O–H groups in total. The number of anilines is 3. The number of nitrogens with one attached hydrogen (secondary N) is 2. The molecule has 11 heteroatoms. The van der Waals surface area contributed by atoms with E-state index in [-0.39, 0.29) is 6.10 Å². The van der Waals surface area contributed by atoms with Gasteiger partial charge in [0, 0.05) is 29.7 Å². The molecule has 0 aliphatic carbocycles. The second-order valence-electron chi connectivity index (χ2n) is 9.65. The monoisotopic (exact) mass is 526 g/mol. The molecule has 6 rings (SSSR count). The van der Waals surface area contributed by atoms with Crippen molar-refractivity contribution in [3.63, 3.8) is 0 Å². The number of hydrogen-bond acceptors (Lipinski definition) is 8. The zero-order valence-corrected chi connectivity index (χ0v) is 21.6. The van der Waals surface area contributed by atoms with E-state index in [2.05, 4.69) is 44.0 Å². The van der Waals surface area contributed by atoms with Crippen LogP contribution in [0.3, 0.4) is 0 Å². The third kappa shape index (κ3) is 5.27. The number of benzene rings is 2. The highest BCUT2D eigenvalue weighted by atomic mass is 16.6. The quantitative estimate of drug-likeness (QED) is 0.276. The number of fused-ring (bicyclic) bond motifs is 2. The summed E-state index contributed by atoms with van der Waals surface area (Å²) in [7, 11) is 0. The zero-order valence-electron chi connectivity index (χ0n) is 21.6. The first-order valence-corrected chi connectivity index (χ1v) is 13.1. The summed E-state index contributed by atoms with van der Waals surface area (Å²) in [5.41, 5.74) is 5.42. The predicted octanol–water partition coefficient (Wildman–Crippen LogP) is 4.84. The van der Waals surface area contributed by atoms with Crippen molar-refractivity contribution in [2.45, 2.75) is 38.8 Å². The third-order valence-corrected chi connectivity index (χ3v) is 7.04. The molecular formula is C28H30N8O3. The maximum atomic E-state index is 12.6. The number of aryl methyl sites for hydroxylation is 1. The minimum Gasteiger partial charge on any atom is -0.446 e. The number of carbonyl (C=O) groups excluding carboxylic acids is 1. The lowest BCUT2D eigenvalue weighted by Gasteiger charge is -2.27. The van der Waals surface area contributed by atoms with Gasteiger partial charge in [-0.1, -0.05) is 37.3 Å². The van der Waals surface area contributed by atoms with Gasteiger partial charge in [-0.15, -0.1) is 0 Å². The van der Waals surface area contributed by atoms with Crippen LogP contribution in [-0.4, -0.2) is 59.9 Å². The van der Waals surface area contributed by atoms with Crippen molar-refractivity contribution >= 4 is 39.7 Å². The minimum atomic E-state index is -0.516. The fourth-order valence-corrected chi connectivity index (χ4v) is 5.07. The van der Waals surface area contributed by atoms with Gasteiger partial charge in [-0.05, 0) is 43.0 Å². The molecular weight excluding hydrogens is 496 g/mol. The van der Waals surface area contributed by atoms with Crippen molar-refractivity contribution < 1.29 is 14.7 Å². The fourth-order valence-electron chi connectivity index (χ4n) is 5.07. The lowest BCUT2D eigenvalue weighted by molar-refractivity contribution is -0.121. The molecule has 2 aromatic carbocycles. The van der Waals surface area contributed by atoms with Crippen LogP contribution in [0.5, 0.6) is 0 Å². The largest absolute Gasteiger partial charge is 0.446 e. The first-order valence-electron chi connectivity index (χ1n) is 13.1. The Morgan fingerprint density at radius 1 is 1.13 bits per heavy atom. The van der Waals surface area contributed by atoms with Crippen LogP contribution < -0.4 is 10.6 Å². The lowest BCUT2D eigenvalue weighted by Crippen LogP contribution is -2.36. The van der Waals surface area contributed by atoms with Gasteiger partial charge >= 0.3 is 6.09 Å². The zero-order chi connectivity index (χ0) is 26.8. The summed E-state index contributed by atoms with van der Waals surface area (Å²) in [6.07, 6.45) is 6.23. The Bertz CT molecular complexity index is 1610. The number of hydrogen-bond donors (Lipinski definition) is 3. The van der Waals surface area contributed by atoms with Gasteiger partial charge in [0.15, 0.2) is 5.82 Å². The van der Waals surface area contributed by atoms with Crippen LogP contribution >= 0.6 is 0 Å². The number of hydroxylamine groups is 2.